The first-order valence-corrected chi connectivity index (χ1v) is 7.92. The van der Waals surface area contributed by atoms with Crippen LogP contribution in [0.2, 0.25) is 10.0 Å². The fourth-order valence-corrected chi connectivity index (χ4v) is 2.45. The van der Waals surface area contributed by atoms with Crippen LogP contribution in [-0.2, 0) is 11.3 Å². The molecule has 1 amide bonds. The third kappa shape index (κ3) is 5.66. The lowest BCUT2D eigenvalue weighted by molar-refractivity contribution is -0.121. The van der Waals surface area contributed by atoms with Crippen molar-refractivity contribution < 1.29 is 9.53 Å². The summed E-state index contributed by atoms with van der Waals surface area (Å²) in [5.41, 5.74) is 1.78. The van der Waals surface area contributed by atoms with E-state index < -0.39 is 0 Å². The summed E-state index contributed by atoms with van der Waals surface area (Å²) in [4.78, 5) is 11.8. The number of carbonyl (C=O) groups excluding carboxylic acids is 1. The Morgan fingerprint density at radius 3 is 2.52 bits per heavy atom. The standard InChI is InChI=1S/C17H18Cl2N2O2/c1-23-14-5-2-12(3-6-14)11-21-17(22)8-9-20-16-7-4-13(18)10-15(16)19/h2-7,10,20H,8-9,11H2,1H3,(H,21,22). The maximum atomic E-state index is 11.8. The summed E-state index contributed by atoms with van der Waals surface area (Å²) < 4.78 is 5.09. The van der Waals surface area contributed by atoms with E-state index in [4.69, 9.17) is 27.9 Å². The van der Waals surface area contributed by atoms with E-state index in [1.807, 2.05) is 24.3 Å². The van der Waals surface area contributed by atoms with Crippen molar-refractivity contribution in [2.24, 2.45) is 0 Å². The van der Waals surface area contributed by atoms with E-state index in [-0.39, 0.29) is 5.91 Å². The molecule has 0 saturated heterocycles. The molecule has 0 aliphatic carbocycles. The van der Waals surface area contributed by atoms with Gasteiger partial charge in [0.25, 0.3) is 0 Å². The van der Waals surface area contributed by atoms with Crippen LogP contribution in [0.5, 0.6) is 5.75 Å². The van der Waals surface area contributed by atoms with E-state index in [9.17, 15) is 4.79 Å². The number of benzene rings is 2. The van der Waals surface area contributed by atoms with Gasteiger partial charge >= 0.3 is 0 Å². The van der Waals surface area contributed by atoms with Crippen molar-refractivity contribution in [3.8, 4) is 5.75 Å². The van der Waals surface area contributed by atoms with Gasteiger partial charge in [-0.25, -0.2) is 0 Å². The summed E-state index contributed by atoms with van der Waals surface area (Å²) in [5, 5.41) is 7.11. The fourth-order valence-electron chi connectivity index (χ4n) is 1.98. The van der Waals surface area contributed by atoms with Crippen molar-refractivity contribution in [3.05, 3.63) is 58.1 Å². The summed E-state index contributed by atoms with van der Waals surface area (Å²) in [6, 6.07) is 12.8. The second-order valence-corrected chi connectivity index (χ2v) is 5.77. The molecule has 0 atom stereocenters. The topological polar surface area (TPSA) is 50.4 Å². The van der Waals surface area contributed by atoms with Crippen molar-refractivity contribution in [2.45, 2.75) is 13.0 Å². The van der Waals surface area contributed by atoms with Crippen LogP contribution < -0.4 is 15.4 Å². The molecule has 2 aromatic carbocycles. The normalized spacial score (nSPS) is 10.2. The van der Waals surface area contributed by atoms with E-state index in [1.54, 1.807) is 25.3 Å². The van der Waals surface area contributed by atoms with Crippen molar-refractivity contribution >= 4 is 34.8 Å². The van der Waals surface area contributed by atoms with E-state index in [1.165, 1.54) is 0 Å². The highest BCUT2D eigenvalue weighted by atomic mass is 35.5. The second-order valence-electron chi connectivity index (χ2n) is 4.93. The molecule has 0 unspecified atom stereocenters. The molecule has 0 saturated carbocycles. The summed E-state index contributed by atoms with van der Waals surface area (Å²) >= 11 is 11.9. The molecule has 6 heteroatoms. The minimum atomic E-state index is -0.0293. The zero-order valence-electron chi connectivity index (χ0n) is 12.7. The third-order valence-corrected chi connectivity index (χ3v) is 3.80. The van der Waals surface area contributed by atoms with Crippen LogP contribution >= 0.6 is 23.2 Å². The maximum Gasteiger partial charge on any atom is 0.222 e. The number of methoxy groups -OCH3 is 1. The van der Waals surface area contributed by atoms with Gasteiger partial charge in [0.2, 0.25) is 5.91 Å². The number of anilines is 1. The summed E-state index contributed by atoms with van der Waals surface area (Å²) in [6.45, 7) is 0.986. The molecule has 0 aliphatic rings. The van der Waals surface area contributed by atoms with Gasteiger partial charge in [0.05, 0.1) is 17.8 Å². The van der Waals surface area contributed by atoms with Crippen LogP contribution in [0.3, 0.4) is 0 Å². The lowest BCUT2D eigenvalue weighted by Crippen LogP contribution is -2.24. The number of halogens is 2. The predicted octanol–water partition coefficient (Wildman–Crippen LogP) is 4.12. The summed E-state index contributed by atoms with van der Waals surface area (Å²) in [5.74, 6) is 0.766. The van der Waals surface area contributed by atoms with Crippen LogP contribution in [0.1, 0.15) is 12.0 Å². The van der Waals surface area contributed by atoms with Gasteiger partial charge in [0, 0.05) is 24.5 Å². The molecule has 0 aliphatic heterocycles. The van der Waals surface area contributed by atoms with Crippen LogP contribution in [0.25, 0.3) is 0 Å². The third-order valence-electron chi connectivity index (χ3n) is 3.25. The number of amides is 1. The second kappa shape index (κ2) is 8.65. The first kappa shape index (κ1) is 17.4. The van der Waals surface area contributed by atoms with Crippen molar-refractivity contribution in [1.29, 1.82) is 0 Å². The smallest absolute Gasteiger partial charge is 0.222 e. The van der Waals surface area contributed by atoms with Gasteiger partial charge in [-0.05, 0) is 35.9 Å². The highest BCUT2D eigenvalue weighted by molar-refractivity contribution is 6.36. The number of carbonyl (C=O) groups is 1. The molecule has 0 spiro atoms. The molecule has 0 heterocycles. The molecule has 2 rings (SSSR count). The zero-order chi connectivity index (χ0) is 16.7. The molecule has 23 heavy (non-hydrogen) atoms. The van der Waals surface area contributed by atoms with Crippen molar-refractivity contribution in [2.75, 3.05) is 19.0 Å². The predicted molar refractivity (Wildman–Crippen MR) is 94.4 cm³/mol. The number of nitrogens with one attached hydrogen (secondary N) is 2. The summed E-state index contributed by atoms with van der Waals surface area (Å²) in [7, 11) is 1.62. The van der Waals surface area contributed by atoms with E-state index >= 15 is 0 Å². The van der Waals surface area contributed by atoms with Crippen molar-refractivity contribution in [3.63, 3.8) is 0 Å². The van der Waals surface area contributed by atoms with Gasteiger partial charge in [0.15, 0.2) is 0 Å². The van der Waals surface area contributed by atoms with E-state index in [0.717, 1.165) is 17.0 Å². The number of ether oxygens (including phenoxy) is 1. The minimum Gasteiger partial charge on any atom is -0.497 e. The highest BCUT2D eigenvalue weighted by Crippen LogP contribution is 2.25. The van der Waals surface area contributed by atoms with Gasteiger partial charge in [-0.2, -0.15) is 0 Å². The lowest BCUT2D eigenvalue weighted by atomic mass is 10.2. The molecule has 122 valence electrons. The Bertz CT molecular complexity index is 660. The highest BCUT2D eigenvalue weighted by Gasteiger charge is 2.04. The number of hydrogen-bond donors (Lipinski definition) is 2. The Hall–Kier alpha value is -1.91. The first-order chi connectivity index (χ1) is 11.1. The van der Waals surface area contributed by atoms with Gasteiger partial charge in [-0.1, -0.05) is 35.3 Å². The molecule has 2 N–H and O–H groups in total. The molecule has 0 radical (unpaired) electrons. The van der Waals surface area contributed by atoms with Crippen LogP contribution in [-0.4, -0.2) is 19.6 Å². The van der Waals surface area contributed by atoms with Gasteiger partial charge < -0.3 is 15.4 Å². The molecule has 0 bridgehead atoms. The molecular formula is C17H18Cl2N2O2. The quantitative estimate of drug-likeness (QED) is 0.787. The molecule has 0 aromatic heterocycles. The molecule has 2 aromatic rings. The van der Waals surface area contributed by atoms with E-state index in [2.05, 4.69) is 10.6 Å². The Balaban J connectivity index is 1.72. The number of hydrogen-bond acceptors (Lipinski definition) is 3. The first-order valence-electron chi connectivity index (χ1n) is 7.17. The van der Waals surface area contributed by atoms with Crippen LogP contribution in [0.4, 0.5) is 5.69 Å². The average Bonchev–Trinajstić information content (AvgIpc) is 2.55. The van der Waals surface area contributed by atoms with Crippen LogP contribution in [0, 0.1) is 0 Å². The fraction of sp³-hybridized carbons (Fsp3) is 0.235. The van der Waals surface area contributed by atoms with Gasteiger partial charge in [-0.15, -0.1) is 0 Å². The lowest BCUT2D eigenvalue weighted by Gasteiger charge is -2.09. The Morgan fingerprint density at radius 1 is 1.13 bits per heavy atom. The van der Waals surface area contributed by atoms with Crippen LogP contribution in [0.15, 0.2) is 42.5 Å². The maximum absolute atomic E-state index is 11.8. The van der Waals surface area contributed by atoms with Crippen molar-refractivity contribution in [1.82, 2.24) is 5.32 Å². The average molecular weight is 353 g/mol. The Morgan fingerprint density at radius 2 is 1.87 bits per heavy atom. The largest absolute Gasteiger partial charge is 0.497 e. The molecular weight excluding hydrogens is 335 g/mol. The monoisotopic (exact) mass is 352 g/mol. The molecule has 4 nitrogen and oxygen atoms in total. The summed E-state index contributed by atoms with van der Waals surface area (Å²) in [6.07, 6.45) is 0.356. The molecule has 0 fully saturated rings. The van der Waals surface area contributed by atoms with Gasteiger partial charge in [0.1, 0.15) is 5.75 Å². The Kier molecular flexibility index (Phi) is 6.56. The SMILES string of the molecule is COc1ccc(CNC(=O)CCNc2ccc(Cl)cc2Cl)cc1. The Labute approximate surface area is 145 Å². The number of rotatable bonds is 7. The minimum absolute atomic E-state index is 0.0293. The zero-order valence-corrected chi connectivity index (χ0v) is 14.2. The van der Waals surface area contributed by atoms with E-state index in [0.29, 0.717) is 29.6 Å². The van der Waals surface area contributed by atoms with Gasteiger partial charge in [-0.3, -0.25) is 4.79 Å².